The van der Waals surface area contributed by atoms with Crippen LogP contribution in [0, 0.1) is 0 Å². The quantitative estimate of drug-likeness (QED) is 0.933. The lowest BCUT2D eigenvalue weighted by Crippen LogP contribution is -2.25. The van der Waals surface area contributed by atoms with E-state index >= 15 is 0 Å². The van der Waals surface area contributed by atoms with Crippen LogP contribution in [0.5, 0.6) is 0 Å². The molecule has 0 amide bonds. The van der Waals surface area contributed by atoms with Gasteiger partial charge >= 0.3 is 0 Å². The van der Waals surface area contributed by atoms with Gasteiger partial charge in [0.15, 0.2) is 0 Å². The number of thioether (sulfide) groups is 1. The molecule has 0 unspecified atom stereocenters. The third-order valence-electron chi connectivity index (χ3n) is 3.49. The minimum absolute atomic E-state index is 1.00. The Morgan fingerprint density at radius 3 is 2.95 bits per heavy atom. The summed E-state index contributed by atoms with van der Waals surface area (Å²) in [5.41, 5.74) is 3.69. The van der Waals surface area contributed by atoms with Crippen LogP contribution in [0.2, 0.25) is 0 Å². The molecule has 1 aliphatic heterocycles. The summed E-state index contributed by atoms with van der Waals surface area (Å²) in [5.74, 6) is 2.55. The molecule has 0 spiro atoms. The van der Waals surface area contributed by atoms with Crippen LogP contribution in [0.25, 0.3) is 11.3 Å². The molecular formula is C15H19N3S. The van der Waals surface area contributed by atoms with Gasteiger partial charge < -0.3 is 0 Å². The van der Waals surface area contributed by atoms with Crippen molar-refractivity contribution in [3.05, 3.63) is 42.1 Å². The Balaban J connectivity index is 1.76. The molecule has 100 valence electrons. The first-order chi connectivity index (χ1) is 9.43. The summed E-state index contributed by atoms with van der Waals surface area (Å²) in [6.45, 7) is 3.39. The lowest BCUT2D eigenvalue weighted by molar-refractivity contribution is 0.288. The molecule has 1 saturated heterocycles. The standard InChI is InChI=1S/C15H19N3S/c1-2-5-13(6-3-1)15-14(11-16-17-15)12-18-7-4-9-19-10-8-18/h1-3,5-6,11H,4,7-10,12H2,(H,16,17). The maximum absolute atomic E-state index is 4.23. The zero-order valence-electron chi connectivity index (χ0n) is 11.0. The zero-order chi connectivity index (χ0) is 12.9. The molecule has 3 nitrogen and oxygen atoms in total. The van der Waals surface area contributed by atoms with Gasteiger partial charge in [-0.3, -0.25) is 10.00 Å². The largest absolute Gasteiger partial charge is 0.298 e. The molecule has 0 bridgehead atoms. The molecule has 0 atom stereocenters. The summed E-state index contributed by atoms with van der Waals surface area (Å²) in [6.07, 6.45) is 3.27. The highest BCUT2D eigenvalue weighted by atomic mass is 32.2. The topological polar surface area (TPSA) is 31.9 Å². The van der Waals surface area contributed by atoms with Crippen LogP contribution in [0.1, 0.15) is 12.0 Å². The van der Waals surface area contributed by atoms with E-state index in [2.05, 4.69) is 51.1 Å². The van der Waals surface area contributed by atoms with Gasteiger partial charge in [-0.05, 0) is 24.3 Å². The van der Waals surface area contributed by atoms with Crippen LogP contribution in [0.15, 0.2) is 36.5 Å². The molecule has 19 heavy (non-hydrogen) atoms. The average Bonchev–Trinajstić information content (AvgIpc) is 2.75. The van der Waals surface area contributed by atoms with Gasteiger partial charge in [0.25, 0.3) is 0 Å². The monoisotopic (exact) mass is 273 g/mol. The second-order valence-electron chi connectivity index (χ2n) is 4.88. The van der Waals surface area contributed by atoms with Crippen molar-refractivity contribution in [2.24, 2.45) is 0 Å². The maximum Gasteiger partial charge on any atom is 0.0695 e. The molecule has 2 heterocycles. The van der Waals surface area contributed by atoms with E-state index in [0.717, 1.165) is 12.2 Å². The van der Waals surface area contributed by atoms with Crippen molar-refractivity contribution in [1.82, 2.24) is 15.1 Å². The van der Waals surface area contributed by atoms with Crippen LogP contribution in [-0.2, 0) is 6.54 Å². The van der Waals surface area contributed by atoms with Crippen molar-refractivity contribution >= 4 is 11.8 Å². The molecule has 2 aromatic rings. The molecule has 1 fully saturated rings. The molecule has 1 aromatic carbocycles. The molecule has 3 rings (SSSR count). The van der Waals surface area contributed by atoms with E-state index in [1.54, 1.807) is 0 Å². The molecule has 1 aliphatic rings. The number of hydrogen-bond acceptors (Lipinski definition) is 3. The van der Waals surface area contributed by atoms with Gasteiger partial charge in [0.2, 0.25) is 0 Å². The van der Waals surface area contributed by atoms with E-state index in [4.69, 9.17) is 0 Å². The predicted molar refractivity (Wildman–Crippen MR) is 81.2 cm³/mol. The van der Waals surface area contributed by atoms with Crippen molar-refractivity contribution < 1.29 is 0 Å². The summed E-state index contributed by atoms with van der Waals surface area (Å²) in [6, 6.07) is 10.5. The lowest BCUT2D eigenvalue weighted by Gasteiger charge is -2.19. The third kappa shape index (κ3) is 3.19. The molecule has 0 radical (unpaired) electrons. The number of benzene rings is 1. The van der Waals surface area contributed by atoms with Gasteiger partial charge in [-0.2, -0.15) is 16.9 Å². The minimum Gasteiger partial charge on any atom is -0.298 e. The van der Waals surface area contributed by atoms with Gasteiger partial charge in [0.05, 0.1) is 11.9 Å². The smallest absolute Gasteiger partial charge is 0.0695 e. The van der Waals surface area contributed by atoms with Gasteiger partial charge in [0.1, 0.15) is 0 Å². The molecule has 0 aliphatic carbocycles. The Morgan fingerprint density at radius 1 is 1.16 bits per heavy atom. The number of nitrogens with one attached hydrogen (secondary N) is 1. The fourth-order valence-electron chi connectivity index (χ4n) is 2.48. The van der Waals surface area contributed by atoms with Crippen molar-refractivity contribution in [1.29, 1.82) is 0 Å². The number of H-pyrrole nitrogens is 1. The van der Waals surface area contributed by atoms with Crippen LogP contribution >= 0.6 is 11.8 Å². The molecule has 4 heteroatoms. The number of rotatable bonds is 3. The first-order valence-corrected chi connectivity index (χ1v) is 7.97. The molecule has 1 N–H and O–H groups in total. The van der Waals surface area contributed by atoms with Gasteiger partial charge in [-0.1, -0.05) is 30.3 Å². The van der Waals surface area contributed by atoms with E-state index in [-0.39, 0.29) is 0 Å². The summed E-state index contributed by atoms with van der Waals surface area (Å²) >= 11 is 2.07. The van der Waals surface area contributed by atoms with Crippen LogP contribution < -0.4 is 0 Å². The Labute approximate surface area is 118 Å². The van der Waals surface area contributed by atoms with Crippen LogP contribution in [0.4, 0.5) is 0 Å². The number of hydrogen-bond donors (Lipinski definition) is 1. The lowest BCUT2D eigenvalue weighted by atomic mass is 10.1. The van der Waals surface area contributed by atoms with Crippen molar-refractivity contribution in [2.75, 3.05) is 24.6 Å². The highest BCUT2D eigenvalue weighted by Gasteiger charge is 2.13. The Bertz CT molecular complexity index is 501. The first kappa shape index (κ1) is 12.8. The fourth-order valence-corrected chi connectivity index (χ4v) is 3.41. The minimum atomic E-state index is 1.00. The Kier molecular flexibility index (Phi) is 4.20. The summed E-state index contributed by atoms with van der Waals surface area (Å²) < 4.78 is 0. The molecule has 0 saturated carbocycles. The van der Waals surface area contributed by atoms with Gasteiger partial charge in [-0.25, -0.2) is 0 Å². The van der Waals surface area contributed by atoms with E-state index in [1.807, 2.05) is 12.3 Å². The van der Waals surface area contributed by atoms with E-state index in [0.29, 0.717) is 0 Å². The van der Waals surface area contributed by atoms with E-state index in [1.165, 1.54) is 42.1 Å². The number of aromatic amines is 1. The fraction of sp³-hybridized carbons (Fsp3) is 0.400. The van der Waals surface area contributed by atoms with Crippen LogP contribution in [0.3, 0.4) is 0 Å². The van der Waals surface area contributed by atoms with Crippen LogP contribution in [-0.4, -0.2) is 39.7 Å². The SMILES string of the molecule is c1ccc(-c2[nH]ncc2CN2CCCSCC2)cc1. The Morgan fingerprint density at radius 2 is 2.05 bits per heavy atom. The number of aromatic nitrogens is 2. The zero-order valence-corrected chi connectivity index (χ0v) is 11.8. The van der Waals surface area contributed by atoms with Gasteiger partial charge in [-0.15, -0.1) is 0 Å². The average molecular weight is 273 g/mol. The highest BCUT2D eigenvalue weighted by molar-refractivity contribution is 7.99. The van der Waals surface area contributed by atoms with Crippen molar-refractivity contribution in [3.63, 3.8) is 0 Å². The third-order valence-corrected chi connectivity index (χ3v) is 4.54. The Hall–Kier alpha value is -1.26. The van der Waals surface area contributed by atoms with Gasteiger partial charge in [0, 0.05) is 24.4 Å². The van der Waals surface area contributed by atoms with E-state index < -0.39 is 0 Å². The van der Waals surface area contributed by atoms with Crippen molar-refractivity contribution in [2.45, 2.75) is 13.0 Å². The summed E-state index contributed by atoms with van der Waals surface area (Å²) in [5, 5.41) is 7.38. The molecular weight excluding hydrogens is 254 g/mol. The van der Waals surface area contributed by atoms with E-state index in [9.17, 15) is 0 Å². The maximum atomic E-state index is 4.23. The first-order valence-electron chi connectivity index (χ1n) is 6.81. The predicted octanol–water partition coefficient (Wildman–Crippen LogP) is 3.02. The normalized spacial score (nSPS) is 17.3. The summed E-state index contributed by atoms with van der Waals surface area (Å²) in [4.78, 5) is 2.54. The van der Waals surface area contributed by atoms with Crippen molar-refractivity contribution in [3.8, 4) is 11.3 Å². The highest BCUT2D eigenvalue weighted by Crippen LogP contribution is 2.22. The second kappa shape index (κ2) is 6.26. The second-order valence-corrected chi connectivity index (χ2v) is 6.10. The molecule has 1 aromatic heterocycles. The number of nitrogens with zero attached hydrogens (tertiary/aromatic N) is 2. The summed E-state index contributed by atoms with van der Waals surface area (Å²) in [7, 11) is 0.